The molecule has 0 saturated heterocycles. The van der Waals surface area contributed by atoms with Crippen LogP contribution in [-0.2, 0) is 4.79 Å². The fourth-order valence-electron chi connectivity index (χ4n) is 1.79. The Hall–Kier alpha value is -2.93. The number of hydrogen-bond acceptors (Lipinski definition) is 5. The Bertz CT molecular complexity index is 719. The molecule has 0 unspecified atom stereocenters. The van der Waals surface area contributed by atoms with Crippen molar-refractivity contribution in [1.29, 1.82) is 0 Å². The zero-order valence-electron chi connectivity index (χ0n) is 11.2. The van der Waals surface area contributed by atoms with Crippen molar-refractivity contribution in [3.63, 3.8) is 0 Å². The first-order valence-corrected chi connectivity index (χ1v) is 6.05. The van der Waals surface area contributed by atoms with Gasteiger partial charge in [-0.25, -0.2) is 5.84 Å². The highest BCUT2D eigenvalue weighted by Crippen LogP contribution is 2.32. The highest BCUT2D eigenvalue weighted by atomic mass is 16.6. The molecule has 2 aromatic rings. The van der Waals surface area contributed by atoms with Gasteiger partial charge in [-0.2, -0.15) is 0 Å². The van der Waals surface area contributed by atoms with Crippen LogP contribution in [-0.4, -0.2) is 10.8 Å². The van der Waals surface area contributed by atoms with Crippen LogP contribution >= 0.6 is 0 Å². The number of amides is 1. The third-order valence-electron chi connectivity index (χ3n) is 2.78. The summed E-state index contributed by atoms with van der Waals surface area (Å²) >= 11 is 0. The lowest BCUT2D eigenvalue weighted by Gasteiger charge is -2.01. The fraction of sp³-hybridized carbons (Fsp3) is 0.0714. The van der Waals surface area contributed by atoms with Gasteiger partial charge in [0, 0.05) is 12.1 Å². The summed E-state index contributed by atoms with van der Waals surface area (Å²) in [6.45, 7) is 1.78. The minimum atomic E-state index is -0.478. The van der Waals surface area contributed by atoms with Crippen LogP contribution in [0.15, 0.2) is 40.8 Å². The maximum Gasteiger partial charge on any atom is 0.280 e. The number of carbonyl (C=O) groups is 1. The molecule has 1 aromatic heterocycles. The molecule has 7 heteroatoms. The van der Waals surface area contributed by atoms with Gasteiger partial charge in [0.1, 0.15) is 11.5 Å². The van der Waals surface area contributed by atoms with E-state index in [1.807, 2.05) is 5.43 Å². The maximum absolute atomic E-state index is 11.1. The zero-order valence-corrected chi connectivity index (χ0v) is 11.2. The molecule has 0 atom stereocenters. The molecule has 108 valence electrons. The lowest BCUT2D eigenvalue weighted by atomic mass is 10.1. The predicted molar refractivity (Wildman–Crippen MR) is 76.9 cm³/mol. The molecule has 3 N–H and O–H groups in total. The second-order valence-corrected chi connectivity index (χ2v) is 4.32. The number of benzene rings is 1. The van der Waals surface area contributed by atoms with E-state index in [0.29, 0.717) is 17.1 Å². The Kier molecular flexibility index (Phi) is 4.15. The summed E-state index contributed by atoms with van der Waals surface area (Å²) in [7, 11) is 0. The summed E-state index contributed by atoms with van der Waals surface area (Å²) in [4.78, 5) is 21.6. The lowest BCUT2D eigenvalue weighted by Crippen LogP contribution is -2.27. The number of nitrogens with one attached hydrogen (secondary N) is 1. The first-order chi connectivity index (χ1) is 10.0. The highest BCUT2D eigenvalue weighted by Gasteiger charge is 2.17. The van der Waals surface area contributed by atoms with Crippen LogP contribution in [0.3, 0.4) is 0 Å². The monoisotopic (exact) mass is 287 g/mol. The normalized spacial score (nSPS) is 10.8. The van der Waals surface area contributed by atoms with Crippen LogP contribution < -0.4 is 11.3 Å². The standard InChI is InChI=1S/C14H13N3O4/c1-9-2-5-11(12(8-9)17(19)20)13-6-3-10(21-13)4-7-14(18)16-15/h2-8H,15H2,1H3,(H,16,18)/b7-4+. The van der Waals surface area contributed by atoms with E-state index in [2.05, 4.69) is 0 Å². The number of furan rings is 1. The van der Waals surface area contributed by atoms with Gasteiger partial charge in [0.05, 0.1) is 10.5 Å². The summed E-state index contributed by atoms with van der Waals surface area (Å²) in [6, 6.07) is 8.10. The molecule has 0 bridgehead atoms. The Labute approximate surface area is 120 Å². The van der Waals surface area contributed by atoms with Crippen molar-refractivity contribution in [3.8, 4) is 11.3 Å². The molecule has 21 heavy (non-hydrogen) atoms. The number of rotatable bonds is 4. The van der Waals surface area contributed by atoms with Crippen molar-refractivity contribution in [3.05, 3.63) is 57.8 Å². The molecule has 0 aliphatic heterocycles. The van der Waals surface area contributed by atoms with Gasteiger partial charge in [-0.3, -0.25) is 20.3 Å². The molecule has 2 rings (SSSR count). The molecule has 0 saturated carbocycles. The van der Waals surface area contributed by atoms with Gasteiger partial charge in [-0.05, 0) is 36.8 Å². The van der Waals surface area contributed by atoms with Crippen molar-refractivity contribution < 1.29 is 14.1 Å². The molecular weight excluding hydrogens is 274 g/mol. The topological polar surface area (TPSA) is 111 Å². The Morgan fingerprint density at radius 2 is 2.14 bits per heavy atom. The summed E-state index contributed by atoms with van der Waals surface area (Å²) in [6.07, 6.45) is 2.62. The molecule has 0 aliphatic carbocycles. The van der Waals surface area contributed by atoms with E-state index in [1.54, 1.807) is 31.2 Å². The van der Waals surface area contributed by atoms with Crippen molar-refractivity contribution in [1.82, 2.24) is 5.43 Å². The van der Waals surface area contributed by atoms with Crippen LogP contribution in [0.4, 0.5) is 5.69 Å². The summed E-state index contributed by atoms with van der Waals surface area (Å²) in [5.41, 5.74) is 3.09. The largest absolute Gasteiger partial charge is 0.456 e. The summed E-state index contributed by atoms with van der Waals surface area (Å²) in [5, 5.41) is 11.1. The van der Waals surface area contributed by atoms with E-state index in [9.17, 15) is 14.9 Å². The third-order valence-corrected chi connectivity index (χ3v) is 2.78. The Morgan fingerprint density at radius 1 is 1.38 bits per heavy atom. The van der Waals surface area contributed by atoms with E-state index in [-0.39, 0.29) is 5.69 Å². The second kappa shape index (κ2) is 6.02. The zero-order chi connectivity index (χ0) is 15.4. The number of aryl methyl sites for hydroxylation is 1. The van der Waals surface area contributed by atoms with E-state index < -0.39 is 10.8 Å². The van der Waals surface area contributed by atoms with Crippen LogP contribution in [0.25, 0.3) is 17.4 Å². The summed E-state index contributed by atoms with van der Waals surface area (Å²) < 4.78 is 5.48. The van der Waals surface area contributed by atoms with E-state index in [4.69, 9.17) is 10.3 Å². The highest BCUT2D eigenvalue weighted by molar-refractivity contribution is 5.90. The van der Waals surface area contributed by atoms with E-state index in [0.717, 1.165) is 5.56 Å². The number of nitro groups is 1. The quantitative estimate of drug-likeness (QED) is 0.294. The van der Waals surface area contributed by atoms with Gasteiger partial charge in [-0.1, -0.05) is 6.07 Å². The van der Waals surface area contributed by atoms with E-state index in [1.165, 1.54) is 18.2 Å². The number of nitrogens with two attached hydrogens (primary N) is 1. The third kappa shape index (κ3) is 3.34. The van der Waals surface area contributed by atoms with Gasteiger partial charge < -0.3 is 4.42 Å². The van der Waals surface area contributed by atoms with Crippen LogP contribution in [0.5, 0.6) is 0 Å². The molecule has 0 aliphatic rings. The molecule has 0 fully saturated rings. The van der Waals surface area contributed by atoms with Crippen LogP contribution in [0.1, 0.15) is 11.3 Å². The van der Waals surface area contributed by atoms with Crippen LogP contribution in [0, 0.1) is 17.0 Å². The van der Waals surface area contributed by atoms with Gasteiger partial charge >= 0.3 is 0 Å². The minimum Gasteiger partial charge on any atom is -0.456 e. The average molecular weight is 287 g/mol. The number of nitrogens with zero attached hydrogens (tertiary/aromatic N) is 1. The Balaban J connectivity index is 2.36. The van der Waals surface area contributed by atoms with Crippen molar-refractivity contribution >= 4 is 17.7 Å². The molecular formula is C14H13N3O4. The van der Waals surface area contributed by atoms with Crippen molar-refractivity contribution in [2.45, 2.75) is 6.92 Å². The first kappa shape index (κ1) is 14.5. The molecule has 1 heterocycles. The Morgan fingerprint density at radius 3 is 2.81 bits per heavy atom. The molecule has 0 radical (unpaired) electrons. The number of hydrogen-bond donors (Lipinski definition) is 2. The molecule has 1 aromatic carbocycles. The van der Waals surface area contributed by atoms with Crippen LogP contribution in [0.2, 0.25) is 0 Å². The minimum absolute atomic E-state index is 0.0282. The summed E-state index contributed by atoms with van der Waals surface area (Å²) in [5.74, 6) is 5.21. The van der Waals surface area contributed by atoms with Gasteiger partial charge in [0.15, 0.2) is 0 Å². The molecule has 7 nitrogen and oxygen atoms in total. The van der Waals surface area contributed by atoms with Gasteiger partial charge in [0.2, 0.25) is 0 Å². The van der Waals surface area contributed by atoms with Crippen molar-refractivity contribution in [2.24, 2.45) is 5.84 Å². The van der Waals surface area contributed by atoms with E-state index >= 15 is 0 Å². The predicted octanol–water partition coefficient (Wildman–Crippen LogP) is 2.17. The molecule has 0 spiro atoms. The van der Waals surface area contributed by atoms with Gasteiger partial charge in [0.25, 0.3) is 11.6 Å². The fourth-order valence-corrected chi connectivity index (χ4v) is 1.79. The van der Waals surface area contributed by atoms with Gasteiger partial charge in [-0.15, -0.1) is 0 Å². The number of hydrazine groups is 1. The van der Waals surface area contributed by atoms with Crippen molar-refractivity contribution in [2.75, 3.05) is 0 Å². The smallest absolute Gasteiger partial charge is 0.280 e. The lowest BCUT2D eigenvalue weighted by molar-refractivity contribution is -0.384. The average Bonchev–Trinajstić information content (AvgIpc) is 2.93. The number of carbonyl (C=O) groups excluding carboxylic acids is 1. The second-order valence-electron chi connectivity index (χ2n) is 4.32. The first-order valence-electron chi connectivity index (χ1n) is 6.05. The number of nitro benzene ring substituents is 1. The maximum atomic E-state index is 11.1. The SMILES string of the molecule is Cc1ccc(-c2ccc(/C=C/C(=O)NN)o2)c([N+](=O)[O-])c1. The molecule has 1 amide bonds.